The summed E-state index contributed by atoms with van der Waals surface area (Å²) < 4.78 is 1.65. The number of aromatic nitrogens is 4. The summed E-state index contributed by atoms with van der Waals surface area (Å²) in [6.45, 7) is 3.66. The monoisotopic (exact) mass is 453 g/mol. The molecule has 8 heteroatoms. The zero-order valence-corrected chi connectivity index (χ0v) is 18.7. The number of fused-ring (bicyclic) bond motifs is 2. The van der Waals surface area contributed by atoms with Gasteiger partial charge in [-0.3, -0.25) is 14.3 Å². The number of nitrogens with zero attached hydrogens (tertiary/aromatic N) is 3. The number of benzene rings is 3. The molecule has 0 radical (unpaired) electrons. The number of H-pyrrole nitrogens is 1. The summed E-state index contributed by atoms with van der Waals surface area (Å²) in [5.41, 5.74) is 1.93. The highest BCUT2D eigenvalue weighted by molar-refractivity contribution is 6.11. The van der Waals surface area contributed by atoms with E-state index in [9.17, 15) is 14.7 Å². The van der Waals surface area contributed by atoms with Crippen molar-refractivity contribution >= 4 is 33.3 Å². The van der Waals surface area contributed by atoms with E-state index >= 15 is 0 Å². The molecule has 0 aliphatic heterocycles. The van der Waals surface area contributed by atoms with Gasteiger partial charge in [0.2, 0.25) is 0 Å². The first kappa shape index (κ1) is 21.5. The predicted molar refractivity (Wildman–Crippen MR) is 132 cm³/mol. The normalized spacial score (nSPS) is 11.7. The second kappa shape index (κ2) is 8.24. The van der Waals surface area contributed by atoms with E-state index in [0.29, 0.717) is 22.2 Å². The molecule has 0 saturated heterocycles. The van der Waals surface area contributed by atoms with E-state index in [1.54, 1.807) is 36.7 Å². The van der Waals surface area contributed by atoms with Crippen molar-refractivity contribution in [1.82, 2.24) is 20.0 Å². The van der Waals surface area contributed by atoms with Gasteiger partial charge in [-0.1, -0.05) is 48.5 Å². The van der Waals surface area contributed by atoms with Crippen molar-refractivity contribution in [2.45, 2.75) is 26.0 Å². The van der Waals surface area contributed by atoms with Gasteiger partial charge in [-0.05, 0) is 38.1 Å². The Morgan fingerprint density at radius 3 is 2.32 bits per heavy atom. The van der Waals surface area contributed by atoms with Crippen molar-refractivity contribution in [2.75, 3.05) is 5.32 Å². The molecule has 2 aromatic heterocycles. The van der Waals surface area contributed by atoms with Crippen molar-refractivity contribution in [3.8, 4) is 11.3 Å². The van der Waals surface area contributed by atoms with E-state index in [0.717, 1.165) is 16.5 Å². The highest BCUT2D eigenvalue weighted by Gasteiger charge is 2.21. The minimum Gasteiger partial charge on any atom is -0.389 e. The third-order valence-electron chi connectivity index (χ3n) is 5.52. The molecule has 0 aliphatic rings. The zero-order chi connectivity index (χ0) is 23.9. The Kier molecular flexibility index (Phi) is 5.22. The average molecular weight is 454 g/mol. The summed E-state index contributed by atoms with van der Waals surface area (Å²) in [6, 6.07) is 22.0. The standard InChI is InChI=1S/C26H23N5O3/c1-26(2,34)15-31-21-10-6-5-9-20(21)23(30-31)25(33)27-17-13-11-16(12-14-17)22-18-7-3-4-8-19(18)24(32)29-28-22/h3-14,34H,15H2,1-2H3,(H,27,33)(H,29,32). The number of aromatic amines is 1. The molecule has 0 bridgehead atoms. The quantitative estimate of drug-likeness (QED) is 0.373. The van der Waals surface area contributed by atoms with Crippen LogP contribution in [0.25, 0.3) is 32.9 Å². The smallest absolute Gasteiger partial charge is 0.276 e. The topological polar surface area (TPSA) is 113 Å². The van der Waals surface area contributed by atoms with Crippen LogP contribution in [0.15, 0.2) is 77.6 Å². The number of amides is 1. The number of carbonyl (C=O) groups excluding carboxylic acids is 1. The number of carbonyl (C=O) groups is 1. The fourth-order valence-electron chi connectivity index (χ4n) is 4.02. The minimum absolute atomic E-state index is 0.237. The van der Waals surface area contributed by atoms with E-state index in [1.807, 2.05) is 54.6 Å². The Balaban J connectivity index is 1.44. The molecule has 0 atom stereocenters. The van der Waals surface area contributed by atoms with Crippen molar-refractivity contribution in [3.05, 3.63) is 88.8 Å². The van der Waals surface area contributed by atoms with E-state index in [1.165, 1.54) is 0 Å². The largest absolute Gasteiger partial charge is 0.389 e. The molecule has 2 heterocycles. The maximum atomic E-state index is 13.1. The summed E-state index contributed by atoms with van der Waals surface area (Å²) in [4.78, 5) is 25.1. The lowest BCUT2D eigenvalue weighted by Gasteiger charge is -2.17. The summed E-state index contributed by atoms with van der Waals surface area (Å²) in [6.07, 6.45) is 0. The Bertz CT molecular complexity index is 1580. The van der Waals surface area contributed by atoms with Gasteiger partial charge in [-0.15, -0.1) is 0 Å². The van der Waals surface area contributed by atoms with Gasteiger partial charge >= 0.3 is 0 Å². The predicted octanol–water partition coefficient (Wildman–Crippen LogP) is 3.96. The lowest BCUT2D eigenvalue weighted by Crippen LogP contribution is -2.27. The van der Waals surface area contributed by atoms with Crippen LogP contribution in [0.4, 0.5) is 5.69 Å². The van der Waals surface area contributed by atoms with Gasteiger partial charge in [-0.2, -0.15) is 10.2 Å². The first-order valence-corrected chi connectivity index (χ1v) is 10.9. The van der Waals surface area contributed by atoms with Crippen molar-refractivity contribution in [1.29, 1.82) is 0 Å². The van der Waals surface area contributed by atoms with Gasteiger partial charge < -0.3 is 10.4 Å². The Morgan fingerprint density at radius 1 is 0.971 bits per heavy atom. The summed E-state index contributed by atoms with van der Waals surface area (Å²) in [5, 5.41) is 26.4. The van der Waals surface area contributed by atoms with Gasteiger partial charge in [0.15, 0.2) is 5.69 Å². The van der Waals surface area contributed by atoms with E-state index in [2.05, 4.69) is 20.6 Å². The van der Waals surface area contributed by atoms with Gasteiger partial charge in [-0.25, -0.2) is 5.10 Å². The highest BCUT2D eigenvalue weighted by atomic mass is 16.3. The van der Waals surface area contributed by atoms with Crippen LogP contribution >= 0.6 is 0 Å². The first-order chi connectivity index (χ1) is 16.3. The summed E-state index contributed by atoms with van der Waals surface area (Å²) in [7, 11) is 0. The number of hydrogen-bond acceptors (Lipinski definition) is 5. The molecule has 5 aromatic rings. The van der Waals surface area contributed by atoms with Crippen LogP contribution in [-0.4, -0.2) is 36.6 Å². The number of rotatable bonds is 5. The summed E-state index contributed by atoms with van der Waals surface area (Å²) in [5.74, 6) is -0.342. The van der Waals surface area contributed by atoms with Gasteiger partial charge in [0.05, 0.1) is 28.7 Å². The third kappa shape index (κ3) is 4.06. The number of aliphatic hydroxyl groups is 1. The van der Waals surface area contributed by atoms with Gasteiger partial charge in [0.1, 0.15) is 0 Å². The lowest BCUT2D eigenvalue weighted by atomic mass is 10.0. The SMILES string of the molecule is CC(C)(O)Cn1nc(C(=O)Nc2ccc(-c3n[nH]c(=O)c4ccccc34)cc2)c2ccccc21. The van der Waals surface area contributed by atoms with Gasteiger partial charge in [0, 0.05) is 22.0 Å². The van der Waals surface area contributed by atoms with Crippen molar-refractivity contribution < 1.29 is 9.90 Å². The lowest BCUT2D eigenvalue weighted by molar-refractivity contribution is 0.0588. The van der Waals surface area contributed by atoms with E-state index < -0.39 is 5.60 Å². The molecule has 3 N–H and O–H groups in total. The second-order valence-electron chi connectivity index (χ2n) is 8.81. The molecule has 8 nitrogen and oxygen atoms in total. The molecule has 1 amide bonds. The van der Waals surface area contributed by atoms with Crippen LogP contribution in [0.1, 0.15) is 24.3 Å². The van der Waals surface area contributed by atoms with Crippen LogP contribution < -0.4 is 10.9 Å². The maximum absolute atomic E-state index is 13.1. The third-order valence-corrected chi connectivity index (χ3v) is 5.52. The molecule has 34 heavy (non-hydrogen) atoms. The fraction of sp³-hybridized carbons (Fsp3) is 0.154. The number of nitrogens with one attached hydrogen (secondary N) is 2. The van der Waals surface area contributed by atoms with E-state index in [-0.39, 0.29) is 23.7 Å². The summed E-state index contributed by atoms with van der Waals surface area (Å²) >= 11 is 0. The molecule has 0 unspecified atom stereocenters. The minimum atomic E-state index is -0.974. The first-order valence-electron chi connectivity index (χ1n) is 10.9. The van der Waals surface area contributed by atoms with Crippen molar-refractivity contribution in [2.24, 2.45) is 0 Å². The molecular formula is C26H23N5O3. The van der Waals surface area contributed by atoms with Crippen LogP contribution in [-0.2, 0) is 6.54 Å². The Labute approximate surface area is 194 Å². The van der Waals surface area contributed by atoms with Crippen LogP contribution in [0.5, 0.6) is 0 Å². The maximum Gasteiger partial charge on any atom is 0.276 e. The highest BCUT2D eigenvalue weighted by Crippen LogP contribution is 2.26. The molecule has 0 spiro atoms. The second-order valence-corrected chi connectivity index (χ2v) is 8.81. The van der Waals surface area contributed by atoms with Crippen LogP contribution in [0.2, 0.25) is 0 Å². The number of hydrogen-bond donors (Lipinski definition) is 3. The molecule has 0 aliphatic carbocycles. The van der Waals surface area contributed by atoms with Gasteiger partial charge in [0.25, 0.3) is 11.5 Å². The number of para-hydroxylation sites is 1. The molecule has 170 valence electrons. The molecular weight excluding hydrogens is 430 g/mol. The average Bonchev–Trinajstić information content (AvgIpc) is 3.17. The fourth-order valence-corrected chi connectivity index (χ4v) is 4.02. The number of anilines is 1. The van der Waals surface area contributed by atoms with E-state index in [4.69, 9.17) is 0 Å². The molecule has 0 fully saturated rings. The molecule has 3 aromatic carbocycles. The van der Waals surface area contributed by atoms with Crippen LogP contribution in [0.3, 0.4) is 0 Å². The molecule has 0 saturated carbocycles. The van der Waals surface area contributed by atoms with Crippen molar-refractivity contribution in [3.63, 3.8) is 0 Å². The Morgan fingerprint density at radius 2 is 1.62 bits per heavy atom. The zero-order valence-electron chi connectivity index (χ0n) is 18.7. The molecule has 5 rings (SSSR count). The van der Waals surface area contributed by atoms with Crippen LogP contribution in [0, 0.1) is 0 Å². The Hall–Kier alpha value is -4.30.